The van der Waals surface area contributed by atoms with Crippen LogP contribution in [0.1, 0.15) is 0 Å². The van der Waals surface area contributed by atoms with Gasteiger partial charge in [0.2, 0.25) is 0 Å². The van der Waals surface area contributed by atoms with Gasteiger partial charge in [0.05, 0.1) is 6.20 Å². The van der Waals surface area contributed by atoms with Crippen molar-refractivity contribution in [1.82, 2.24) is 4.98 Å². The van der Waals surface area contributed by atoms with Crippen LogP contribution in [0.2, 0.25) is 0 Å². The molecule has 0 atom stereocenters. The van der Waals surface area contributed by atoms with Gasteiger partial charge >= 0.3 is 0 Å². The molecule has 2 heteroatoms. The summed E-state index contributed by atoms with van der Waals surface area (Å²) < 4.78 is 0. The first-order chi connectivity index (χ1) is 3.00. The summed E-state index contributed by atoms with van der Waals surface area (Å²) >= 11 is 0. The molecule has 0 aliphatic heterocycles. The third-order valence-corrected chi connectivity index (χ3v) is 1.00. The number of aromatic nitrogens is 1. The third kappa shape index (κ3) is 0.765. The largest absolute Gasteiger partial charge is 0.254 e. The highest BCUT2D eigenvalue weighted by Gasteiger charge is 1.60. The zero-order valence-corrected chi connectivity index (χ0v) is 4.02. The van der Waals surface area contributed by atoms with Gasteiger partial charge in [-0.15, -0.1) is 0 Å². The molecule has 6 heavy (non-hydrogen) atoms. The van der Waals surface area contributed by atoms with E-state index in [9.17, 15) is 0 Å². The molecule has 0 aromatic carbocycles. The Bertz CT molecular complexity index is 79.5. The van der Waals surface area contributed by atoms with Crippen LogP contribution in [0.25, 0.3) is 0 Å². The molecule has 0 fully saturated rings. The van der Waals surface area contributed by atoms with Crippen molar-refractivity contribution in [3.63, 3.8) is 0 Å². The maximum Gasteiger partial charge on any atom is 0.0935 e. The average Bonchev–Trinajstić information content (AvgIpc) is 1.72. The Morgan fingerprint density at radius 3 is 2.83 bits per heavy atom. The van der Waals surface area contributed by atoms with Crippen molar-refractivity contribution in [2.45, 2.75) is 0 Å². The van der Waals surface area contributed by atoms with Gasteiger partial charge in [-0.2, -0.15) is 0 Å². The molecule has 0 aliphatic carbocycles. The quantitative estimate of drug-likeness (QED) is 0.476. The van der Waals surface area contributed by atoms with E-state index in [2.05, 4.69) is 11.2 Å². The van der Waals surface area contributed by atoms with Gasteiger partial charge in [0.15, 0.2) is 0 Å². The zero-order chi connectivity index (χ0) is 4.24. The molecular weight excluding hydrogens is 93.0 g/mol. The zero-order valence-electron chi connectivity index (χ0n) is 3.13. The predicted octanol–water partition coefficient (Wildman–Crippen LogP) is 1.46. The highest BCUT2D eigenvalue weighted by Crippen LogP contribution is 1.94. The third-order valence-electron chi connectivity index (χ3n) is 0.434. The maximum atomic E-state index is 3.68. The highest BCUT2D eigenvalue weighted by atomic mass is 31.0. The summed E-state index contributed by atoms with van der Waals surface area (Å²) in [4.78, 5) is 3.68. The Hall–Kier alpha value is -0.420. The molecule has 29 valence electrons. The average molecular weight is 96.0 g/mol. The molecule has 0 spiro atoms. The lowest BCUT2D eigenvalue weighted by Crippen LogP contribution is -1.55. The van der Waals surface area contributed by atoms with Crippen LogP contribution in [0.4, 0.5) is 0 Å². The Morgan fingerprint density at radius 1 is 1.67 bits per heavy atom. The van der Waals surface area contributed by atoms with E-state index in [-0.39, 0.29) is 0 Å². The second kappa shape index (κ2) is 1.89. The molecule has 0 aliphatic rings. The van der Waals surface area contributed by atoms with Crippen molar-refractivity contribution >= 4 is 8.19 Å². The van der Waals surface area contributed by atoms with E-state index < -0.39 is 0 Å². The van der Waals surface area contributed by atoms with Crippen LogP contribution in [-0.4, -0.2) is 4.98 Å². The van der Waals surface area contributed by atoms with E-state index in [0.717, 1.165) is 0 Å². The highest BCUT2D eigenvalue weighted by molar-refractivity contribution is 7.28. The molecule has 1 aromatic heterocycles. The van der Waals surface area contributed by atoms with Crippen LogP contribution < -0.4 is 0 Å². The van der Waals surface area contributed by atoms with E-state index in [1.807, 2.05) is 11.6 Å². The van der Waals surface area contributed by atoms with Gasteiger partial charge in [-0.1, -0.05) is 8.19 Å². The molecule has 0 saturated heterocycles. The summed E-state index contributed by atoms with van der Waals surface area (Å²) in [6.45, 7) is 0. The minimum Gasteiger partial charge on any atom is -0.254 e. The molecule has 0 unspecified atom stereocenters. The van der Waals surface area contributed by atoms with Gasteiger partial charge in [-0.25, -0.2) is 0 Å². The van der Waals surface area contributed by atoms with Crippen molar-refractivity contribution < 1.29 is 0 Å². The van der Waals surface area contributed by atoms with Crippen LogP contribution in [0, 0.1) is 6.20 Å². The van der Waals surface area contributed by atoms with E-state index in [0.29, 0.717) is 0 Å². The Kier molecular flexibility index (Phi) is 1.18. The lowest BCUT2D eigenvalue weighted by molar-refractivity contribution is 1.35. The van der Waals surface area contributed by atoms with Crippen molar-refractivity contribution in [1.29, 1.82) is 0 Å². The molecular formula is C4H3NP. The molecule has 1 nitrogen and oxygen atoms in total. The van der Waals surface area contributed by atoms with Gasteiger partial charge in [-0.3, -0.25) is 4.98 Å². The molecule has 0 saturated carbocycles. The van der Waals surface area contributed by atoms with Crippen molar-refractivity contribution in [2.24, 2.45) is 0 Å². The molecule has 1 heterocycles. The number of hydrogen-bond acceptors (Lipinski definition) is 1. The fraction of sp³-hybridized carbons (Fsp3) is 0. The van der Waals surface area contributed by atoms with E-state index in [4.69, 9.17) is 0 Å². The van der Waals surface area contributed by atoms with Gasteiger partial charge in [0.25, 0.3) is 0 Å². The van der Waals surface area contributed by atoms with Gasteiger partial charge in [0, 0.05) is 6.20 Å². The standard InChI is InChI=1S/C4H3NP/c1-3-6-4-2-5-1/h1,3-4H. The van der Waals surface area contributed by atoms with E-state index in [1.165, 1.54) is 8.19 Å². The lowest BCUT2D eigenvalue weighted by Gasteiger charge is -1.67. The van der Waals surface area contributed by atoms with E-state index in [1.54, 1.807) is 6.20 Å². The van der Waals surface area contributed by atoms with Crippen LogP contribution >= 0.6 is 8.19 Å². The molecule has 0 amide bonds. The predicted molar refractivity (Wildman–Crippen MR) is 25.6 cm³/mol. The van der Waals surface area contributed by atoms with E-state index >= 15 is 0 Å². The first kappa shape index (κ1) is 3.76. The van der Waals surface area contributed by atoms with Crippen molar-refractivity contribution in [3.05, 3.63) is 24.0 Å². The summed E-state index contributed by atoms with van der Waals surface area (Å²) in [5.74, 6) is 3.82. The molecule has 1 aromatic rings. The summed E-state index contributed by atoms with van der Waals surface area (Å²) in [5.41, 5.74) is 0. The summed E-state index contributed by atoms with van der Waals surface area (Å²) in [6.07, 6.45) is 4.42. The summed E-state index contributed by atoms with van der Waals surface area (Å²) in [6, 6.07) is 0. The fourth-order valence-electron chi connectivity index (χ4n) is 0.225. The minimum absolute atomic E-state index is 1.19. The fourth-order valence-corrected chi connectivity index (χ4v) is 0.588. The Morgan fingerprint density at radius 2 is 2.67 bits per heavy atom. The number of hydrogen-bond donors (Lipinski definition) is 0. The lowest BCUT2D eigenvalue weighted by atomic mass is 10.9. The van der Waals surface area contributed by atoms with Crippen molar-refractivity contribution in [3.8, 4) is 0 Å². The molecule has 1 rings (SSSR count). The van der Waals surface area contributed by atoms with Crippen LogP contribution in [0.3, 0.4) is 0 Å². The Balaban J connectivity index is 3.00. The van der Waals surface area contributed by atoms with Crippen LogP contribution in [0.15, 0.2) is 17.8 Å². The van der Waals surface area contributed by atoms with Gasteiger partial charge < -0.3 is 0 Å². The first-order valence-corrected chi connectivity index (χ1v) is 2.65. The number of rotatable bonds is 0. The normalized spacial score (nSPS) is 8.00. The van der Waals surface area contributed by atoms with Crippen molar-refractivity contribution in [2.75, 3.05) is 0 Å². The molecule has 1 radical (unpaired) electrons. The van der Waals surface area contributed by atoms with Gasteiger partial charge in [-0.05, 0) is 11.6 Å². The molecule has 0 N–H and O–H groups in total. The summed E-state index contributed by atoms with van der Waals surface area (Å²) in [7, 11) is 1.19. The number of nitrogens with zero attached hydrogens (tertiary/aromatic N) is 1. The minimum atomic E-state index is 1.19. The van der Waals surface area contributed by atoms with Crippen LogP contribution in [-0.2, 0) is 0 Å². The van der Waals surface area contributed by atoms with Crippen LogP contribution in [0.5, 0.6) is 0 Å². The molecule has 0 bridgehead atoms. The monoisotopic (exact) mass is 96.0 g/mol. The SMILES string of the molecule is [c]1cpccn1. The second-order valence-corrected chi connectivity index (χ2v) is 1.69. The summed E-state index contributed by atoms with van der Waals surface area (Å²) in [5, 5.41) is 0. The second-order valence-electron chi connectivity index (χ2n) is 0.835. The maximum absolute atomic E-state index is 3.68. The topological polar surface area (TPSA) is 12.9 Å². The van der Waals surface area contributed by atoms with Gasteiger partial charge in [0.1, 0.15) is 0 Å². The Labute approximate surface area is 38.1 Å². The smallest absolute Gasteiger partial charge is 0.0935 e. The first-order valence-electron chi connectivity index (χ1n) is 1.62.